The molecule has 0 amide bonds. The summed E-state index contributed by atoms with van der Waals surface area (Å²) in [5, 5.41) is 3.83. The molecule has 5 heteroatoms. The summed E-state index contributed by atoms with van der Waals surface area (Å²) in [6.45, 7) is 0. The van der Waals surface area contributed by atoms with Crippen molar-refractivity contribution in [2.24, 2.45) is 0 Å². The number of benzene rings is 1. The predicted molar refractivity (Wildman–Crippen MR) is 66.0 cm³/mol. The van der Waals surface area contributed by atoms with Crippen LogP contribution in [-0.4, -0.2) is 15.9 Å². The second-order valence-electron chi connectivity index (χ2n) is 3.30. The quantitative estimate of drug-likeness (QED) is 0.754. The first-order valence-corrected chi connectivity index (χ1v) is 6.62. The number of thioether (sulfide) groups is 1. The molecule has 3 rings (SSSR count). The molecule has 0 fully saturated rings. The number of aromatic nitrogens is 2. The van der Waals surface area contributed by atoms with Gasteiger partial charge in [-0.3, -0.25) is 0 Å². The van der Waals surface area contributed by atoms with Crippen molar-refractivity contribution in [3.8, 4) is 0 Å². The standard InChI is InChI=1S/C10H7IN2OS/c11-10-12-9(14-13-10)7-5-15-8-4-2-1-3-6(7)8/h1-4,7H,5H2. The number of nitrogens with zero attached hydrogens (tertiary/aromatic N) is 2. The van der Waals surface area contributed by atoms with Gasteiger partial charge in [-0.05, 0) is 11.6 Å². The third kappa shape index (κ3) is 1.67. The van der Waals surface area contributed by atoms with Crippen LogP contribution in [0.4, 0.5) is 0 Å². The molecule has 0 saturated carbocycles. The van der Waals surface area contributed by atoms with Crippen LogP contribution in [0.15, 0.2) is 33.7 Å². The number of fused-ring (bicyclic) bond motifs is 1. The lowest BCUT2D eigenvalue weighted by Crippen LogP contribution is -1.99. The molecule has 1 aliphatic rings. The maximum absolute atomic E-state index is 5.22. The molecule has 1 atom stereocenters. The summed E-state index contributed by atoms with van der Waals surface area (Å²) in [6.07, 6.45) is 0. The Morgan fingerprint density at radius 3 is 3.07 bits per heavy atom. The van der Waals surface area contributed by atoms with Crippen molar-refractivity contribution in [1.29, 1.82) is 0 Å². The summed E-state index contributed by atoms with van der Waals surface area (Å²) >= 11 is 3.91. The average molecular weight is 330 g/mol. The van der Waals surface area contributed by atoms with E-state index in [1.54, 1.807) is 0 Å². The monoisotopic (exact) mass is 330 g/mol. The minimum absolute atomic E-state index is 0.266. The molecule has 0 radical (unpaired) electrons. The fourth-order valence-corrected chi connectivity index (χ4v) is 3.28. The zero-order valence-electron chi connectivity index (χ0n) is 7.68. The van der Waals surface area contributed by atoms with Crippen LogP contribution in [-0.2, 0) is 0 Å². The summed E-state index contributed by atoms with van der Waals surface area (Å²) < 4.78 is 5.90. The van der Waals surface area contributed by atoms with E-state index in [4.69, 9.17) is 4.52 Å². The SMILES string of the molecule is Ic1noc(C2CSc3ccccc32)n1. The normalized spacial score (nSPS) is 19.1. The van der Waals surface area contributed by atoms with Crippen LogP contribution in [0, 0.1) is 3.83 Å². The van der Waals surface area contributed by atoms with Crippen molar-refractivity contribution < 1.29 is 4.52 Å². The number of halogens is 1. The second kappa shape index (κ2) is 3.79. The minimum Gasteiger partial charge on any atom is -0.338 e. The van der Waals surface area contributed by atoms with E-state index in [2.05, 4.69) is 57.0 Å². The molecule has 3 nitrogen and oxygen atoms in total. The van der Waals surface area contributed by atoms with E-state index < -0.39 is 0 Å². The number of hydrogen-bond donors (Lipinski definition) is 0. The zero-order valence-corrected chi connectivity index (χ0v) is 10.7. The number of hydrogen-bond acceptors (Lipinski definition) is 4. The summed E-state index contributed by atoms with van der Waals surface area (Å²) in [6, 6.07) is 8.39. The average Bonchev–Trinajstić information content (AvgIpc) is 2.83. The first kappa shape index (κ1) is 9.65. The lowest BCUT2D eigenvalue weighted by atomic mass is 10.0. The molecule has 0 bridgehead atoms. The van der Waals surface area contributed by atoms with Gasteiger partial charge in [-0.2, -0.15) is 4.98 Å². The van der Waals surface area contributed by atoms with Gasteiger partial charge in [0.15, 0.2) is 0 Å². The molecule has 2 heterocycles. The molecular weight excluding hydrogens is 323 g/mol. The Morgan fingerprint density at radius 1 is 1.40 bits per heavy atom. The van der Waals surface area contributed by atoms with Gasteiger partial charge in [0.1, 0.15) is 0 Å². The van der Waals surface area contributed by atoms with Gasteiger partial charge in [0.25, 0.3) is 0 Å². The molecule has 1 unspecified atom stereocenters. The van der Waals surface area contributed by atoms with Crippen LogP contribution in [0.25, 0.3) is 0 Å². The van der Waals surface area contributed by atoms with Crippen LogP contribution >= 0.6 is 34.4 Å². The zero-order chi connectivity index (χ0) is 10.3. The molecule has 0 spiro atoms. The Bertz CT molecular complexity index is 500. The molecule has 2 aromatic rings. The van der Waals surface area contributed by atoms with Crippen LogP contribution in [0.3, 0.4) is 0 Å². The van der Waals surface area contributed by atoms with E-state index in [1.807, 2.05) is 11.8 Å². The predicted octanol–water partition coefficient (Wildman–Crippen LogP) is 2.91. The Kier molecular flexibility index (Phi) is 2.44. The third-order valence-electron chi connectivity index (χ3n) is 2.41. The molecular formula is C10H7IN2OS. The first-order valence-electron chi connectivity index (χ1n) is 4.55. The highest BCUT2D eigenvalue weighted by atomic mass is 127. The molecule has 0 saturated heterocycles. The van der Waals surface area contributed by atoms with Gasteiger partial charge in [-0.1, -0.05) is 23.4 Å². The largest absolute Gasteiger partial charge is 0.338 e. The van der Waals surface area contributed by atoms with Crippen LogP contribution in [0.1, 0.15) is 17.4 Å². The van der Waals surface area contributed by atoms with Gasteiger partial charge in [0, 0.05) is 33.2 Å². The Labute approximate surface area is 105 Å². The molecule has 0 N–H and O–H groups in total. The van der Waals surface area contributed by atoms with E-state index in [-0.39, 0.29) is 5.92 Å². The van der Waals surface area contributed by atoms with E-state index in [0.29, 0.717) is 3.83 Å². The third-order valence-corrected chi connectivity index (χ3v) is 4.04. The first-order chi connectivity index (χ1) is 7.34. The van der Waals surface area contributed by atoms with Crippen molar-refractivity contribution >= 4 is 34.4 Å². The maximum Gasteiger partial charge on any atom is 0.235 e. The lowest BCUT2D eigenvalue weighted by molar-refractivity contribution is 0.368. The van der Waals surface area contributed by atoms with Gasteiger partial charge >= 0.3 is 0 Å². The molecule has 15 heavy (non-hydrogen) atoms. The van der Waals surface area contributed by atoms with E-state index in [0.717, 1.165) is 11.6 Å². The van der Waals surface area contributed by atoms with Gasteiger partial charge in [-0.25, -0.2) is 0 Å². The van der Waals surface area contributed by atoms with Crippen LogP contribution < -0.4 is 0 Å². The Morgan fingerprint density at radius 2 is 2.27 bits per heavy atom. The highest BCUT2D eigenvalue weighted by Gasteiger charge is 2.28. The highest BCUT2D eigenvalue weighted by Crippen LogP contribution is 2.42. The van der Waals surface area contributed by atoms with Crippen molar-refractivity contribution in [3.05, 3.63) is 39.6 Å². The fraction of sp³-hybridized carbons (Fsp3) is 0.200. The Balaban J connectivity index is 2.04. The maximum atomic E-state index is 5.22. The summed E-state index contributed by atoms with van der Waals surface area (Å²) in [7, 11) is 0. The van der Waals surface area contributed by atoms with Gasteiger partial charge in [-0.15, -0.1) is 11.8 Å². The topological polar surface area (TPSA) is 38.9 Å². The van der Waals surface area contributed by atoms with Crippen molar-refractivity contribution in [1.82, 2.24) is 10.1 Å². The second-order valence-corrected chi connectivity index (χ2v) is 5.33. The summed E-state index contributed by atoms with van der Waals surface area (Å²) in [5.41, 5.74) is 1.31. The molecule has 1 aromatic heterocycles. The van der Waals surface area contributed by atoms with Gasteiger partial charge in [0.05, 0.1) is 5.92 Å². The smallest absolute Gasteiger partial charge is 0.235 e. The van der Waals surface area contributed by atoms with Crippen LogP contribution in [0.2, 0.25) is 0 Å². The summed E-state index contributed by atoms with van der Waals surface area (Å²) in [5.74, 6) is 2.00. The summed E-state index contributed by atoms with van der Waals surface area (Å²) in [4.78, 5) is 5.62. The van der Waals surface area contributed by atoms with Crippen molar-refractivity contribution in [2.45, 2.75) is 10.8 Å². The van der Waals surface area contributed by atoms with Crippen molar-refractivity contribution in [2.75, 3.05) is 5.75 Å². The Hall–Kier alpha value is -0.560. The highest BCUT2D eigenvalue weighted by molar-refractivity contribution is 14.1. The van der Waals surface area contributed by atoms with Crippen molar-refractivity contribution in [3.63, 3.8) is 0 Å². The number of rotatable bonds is 1. The molecule has 1 aliphatic heterocycles. The lowest BCUT2D eigenvalue weighted by Gasteiger charge is -2.03. The minimum atomic E-state index is 0.266. The van der Waals surface area contributed by atoms with E-state index in [9.17, 15) is 0 Å². The molecule has 0 aliphatic carbocycles. The van der Waals surface area contributed by atoms with Gasteiger partial charge < -0.3 is 4.52 Å². The molecule has 1 aromatic carbocycles. The van der Waals surface area contributed by atoms with Gasteiger partial charge in [0.2, 0.25) is 9.72 Å². The fourth-order valence-electron chi connectivity index (χ4n) is 1.72. The molecule has 76 valence electrons. The van der Waals surface area contributed by atoms with E-state index >= 15 is 0 Å². The van der Waals surface area contributed by atoms with Crippen LogP contribution in [0.5, 0.6) is 0 Å². The van der Waals surface area contributed by atoms with E-state index in [1.165, 1.54) is 10.5 Å².